The van der Waals surface area contributed by atoms with E-state index < -0.39 is 15.8 Å². The number of halogens is 2. The molecule has 0 radical (unpaired) electrons. The standard InChI is InChI=1S/C19H14ClFN4O3S2/c20-14-3-1-13(2-4-14)11-25-12-15(10-23-25)28-18-6-5-16(9-17(18)21)30(26,27)24-19-22-7-8-29-19/h1-10,12H,11H2,(H,22,24). The van der Waals surface area contributed by atoms with Gasteiger partial charge in [0.25, 0.3) is 10.0 Å². The molecule has 0 unspecified atom stereocenters. The Bertz CT molecular complexity index is 1260. The van der Waals surface area contributed by atoms with Crippen LogP contribution in [0.25, 0.3) is 0 Å². The molecule has 0 aliphatic rings. The average Bonchev–Trinajstić information content (AvgIpc) is 3.37. The van der Waals surface area contributed by atoms with E-state index in [1.165, 1.54) is 24.5 Å². The number of anilines is 1. The van der Waals surface area contributed by atoms with Crippen molar-refractivity contribution in [2.45, 2.75) is 11.4 Å². The second kappa shape index (κ2) is 8.42. The molecule has 7 nitrogen and oxygen atoms in total. The van der Waals surface area contributed by atoms with Crippen molar-refractivity contribution < 1.29 is 17.5 Å². The number of nitrogens with one attached hydrogen (secondary N) is 1. The van der Waals surface area contributed by atoms with Crippen LogP contribution in [0.1, 0.15) is 5.56 Å². The molecule has 4 rings (SSSR count). The Hall–Kier alpha value is -2.95. The van der Waals surface area contributed by atoms with Crippen molar-refractivity contribution in [1.29, 1.82) is 0 Å². The highest BCUT2D eigenvalue weighted by molar-refractivity contribution is 7.93. The number of nitrogens with zero attached hydrogens (tertiary/aromatic N) is 3. The van der Waals surface area contributed by atoms with Crippen LogP contribution in [0.2, 0.25) is 5.02 Å². The number of rotatable bonds is 7. The normalized spacial score (nSPS) is 11.4. The van der Waals surface area contributed by atoms with E-state index in [9.17, 15) is 12.8 Å². The lowest BCUT2D eigenvalue weighted by Gasteiger charge is -2.08. The summed E-state index contributed by atoms with van der Waals surface area (Å²) in [5, 5.41) is 6.65. The molecular formula is C19H14ClFN4O3S2. The van der Waals surface area contributed by atoms with Gasteiger partial charge in [-0.3, -0.25) is 9.40 Å². The van der Waals surface area contributed by atoms with Crippen LogP contribution < -0.4 is 9.46 Å². The summed E-state index contributed by atoms with van der Waals surface area (Å²) in [6.45, 7) is 0.489. The number of thiazole rings is 1. The zero-order valence-corrected chi connectivity index (χ0v) is 17.6. The molecule has 4 aromatic rings. The average molecular weight is 465 g/mol. The summed E-state index contributed by atoms with van der Waals surface area (Å²) in [6, 6.07) is 10.7. The van der Waals surface area contributed by atoms with E-state index in [0.29, 0.717) is 17.3 Å². The maximum atomic E-state index is 14.5. The second-order valence-electron chi connectivity index (χ2n) is 6.14. The largest absolute Gasteiger partial charge is 0.451 e. The van der Waals surface area contributed by atoms with Gasteiger partial charge in [0.1, 0.15) is 0 Å². The van der Waals surface area contributed by atoms with Crippen LogP contribution in [0.15, 0.2) is 71.3 Å². The molecule has 0 fully saturated rings. The van der Waals surface area contributed by atoms with E-state index in [1.54, 1.807) is 28.4 Å². The van der Waals surface area contributed by atoms with Crippen molar-refractivity contribution in [1.82, 2.24) is 14.8 Å². The highest BCUT2D eigenvalue weighted by atomic mass is 35.5. The van der Waals surface area contributed by atoms with Gasteiger partial charge < -0.3 is 4.74 Å². The van der Waals surface area contributed by atoms with Crippen molar-refractivity contribution in [2.75, 3.05) is 4.72 Å². The summed E-state index contributed by atoms with van der Waals surface area (Å²) in [7, 11) is -3.95. The van der Waals surface area contributed by atoms with Gasteiger partial charge >= 0.3 is 0 Å². The first-order valence-corrected chi connectivity index (χ1v) is 11.3. The van der Waals surface area contributed by atoms with Crippen molar-refractivity contribution >= 4 is 38.1 Å². The zero-order chi connectivity index (χ0) is 21.1. The van der Waals surface area contributed by atoms with E-state index in [4.69, 9.17) is 16.3 Å². The molecule has 154 valence electrons. The van der Waals surface area contributed by atoms with Gasteiger partial charge in [0.15, 0.2) is 22.4 Å². The molecule has 0 atom stereocenters. The number of ether oxygens (including phenoxy) is 1. The zero-order valence-electron chi connectivity index (χ0n) is 15.2. The minimum atomic E-state index is -3.95. The van der Waals surface area contributed by atoms with Crippen molar-refractivity contribution in [3.8, 4) is 11.5 Å². The van der Waals surface area contributed by atoms with Crippen molar-refractivity contribution in [2.24, 2.45) is 0 Å². The fourth-order valence-corrected chi connectivity index (χ4v) is 4.49. The molecule has 11 heteroatoms. The molecule has 30 heavy (non-hydrogen) atoms. The summed E-state index contributed by atoms with van der Waals surface area (Å²) in [6.07, 6.45) is 4.53. The number of sulfonamides is 1. The Morgan fingerprint density at radius 2 is 2.00 bits per heavy atom. The van der Waals surface area contributed by atoms with Crippen molar-refractivity contribution in [3.05, 3.63) is 82.8 Å². The van der Waals surface area contributed by atoms with Gasteiger partial charge in [0.2, 0.25) is 0 Å². The van der Waals surface area contributed by atoms with Crippen LogP contribution in [-0.4, -0.2) is 23.2 Å². The first-order chi connectivity index (χ1) is 14.4. The SMILES string of the molecule is O=S(=O)(Nc1nccs1)c1ccc(Oc2cnn(Cc3ccc(Cl)cc3)c2)c(F)c1. The van der Waals surface area contributed by atoms with E-state index in [2.05, 4.69) is 14.8 Å². The smallest absolute Gasteiger partial charge is 0.263 e. The van der Waals surface area contributed by atoms with Crippen LogP contribution >= 0.6 is 22.9 Å². The highest BCUT2D eigenvalue weighted by Gasteiger charge is 2.18. The Morgan fingerprint density at radius 3 is 2.70 bits per heavy atom. The van der Waals surface area contributed by atoms with Gasteiger partial charge in [-0.1, -0.05) is 23.7 Å². The van der Waals surface area contributed by atoms with Gasteiger partial charge in [0, 0.05) is 16.6 Å². The molecule has 0 spiro atoms. The topological polar surface area (TPSA) is 86.1 Å². The van der Waals surface area contributed by atoms with Crippen LogP contribution in [0.5, 0.6) is 11.5 Å². The molecule has 0 aliphatic heterocycles. The molecule has 0 saturated carbocycles. The fourth-order valence-electron chi connectivity index (χ4n) is 2.57. The van der Waals surface area contributed by atoms with Gasteiger partial charge in [-0.05, 0) is 35.9 Å². The predicted octanol–water partition coefficient (Wildman–Crippen LogP) is 4.77. The molecular weight excluding hydrogens is 451 g/mol. The van der Waals surface area contributed by atoms with E-state index in [0.717, 1.165) is 23.0 Å². The van der Waals surface area contributed by atoms with E-state index in [1.807, 2.05) is 12.1 Å². The molecule has 0 bridgehead atoms. The third kappa shape index (κ3) is 4.78. The van der Waals surface area contributed by atoms with E-state index in [-0.39, 0.29) is 15.8 Å². The van der Waals surface area contributed by atoms with Crippen LogP contribution in [0, 0.1) is 5.82 Å². The molecule has 0 aliphatic carbocycles. The minimum absolute atomic E-state index is 0.116. The summed E-state index contributed by atoms with van der Waals surface area (Å²) < 4.78 is 48.6. The van der Waals surface area contributed by atoms with Crippen LogP contribution in [0.4, 0.5) is 9.52 Å². The monoisotopic (exact) mass is 464 g/mol. The van der Waals surface area contributed by atoms with Gasteiger partial charge in [-0.15, -0.1) is 11.3 Å². The lowest BCUT2D eigenvalue weighted by Crippen LogP contribution is -2.13. The molecule has 2 aromatic heterocycles. The molecule has 2 aromatic carbocycles. The summed E-state index contributed by atoms with van der Waals surface area (Å²) in [5.74, 6) is -0.615. The predicted molar refractivity (Wildman–Crippen MR) is 112 cm³/mol. The number of hydrogen-bond acceptors (Lipinski definition) is 6. The maximum absolute atomic E-state index is 14.5. The molecule has 0 amide bonds. The third-order valence-corrected chi connectivity index (χ3v) is 6.37. The fraction of sp³-hybridized carbons (Fsp3) is 0.0526. The van der Waals surface area contributed by atoms with Crippen molar-refractivity contribution in [3.63, 3.8) is 0 Å². The molecule has 2 heterocycles. The first kappa shape index (κ1) is 20.3. The molecule has 1 N–H and O–H groups in total. The van der Waals surface area contributed by atoms with E-state index >= 15 is 0 Å². The number of benzene rings is 2. The quantitative estimate of drug-likeness (QED) is 0.425. The second-order valence-corrected chi connectivity index (χ2v) is 9.15. The number of hydrogen-bond donors (Lipinski definition) is 1. The van der Waals surface area contributed by atoms with Gasteiger partial charge in [-0.25, -0.2) is 17.8 Å². The van der Waals surface area contributed by atoms with Gasteiger partial charge in [0.05, 0.1) is 23.8 Å². The minimum Gasteiger partial charge on any atom is -0.451 e. The third-order valence-electron chi connectivity index (χ3n) is 3.96. The lowest BCUT2D eigenvalue weighted by atomic mass is 10.2. The summed E-state index contributed by atoms with van der Waals surface area (Å²) in [4.78, 5) is 3.62. The highest BCUT2D eigenvalue weighted by Crippen LogP contribution is 2.27. The lowest BCUT2D eigenvalue weighted by molar-refractivity contribution is 0.440. The van der Waals surface area contributed by atoms with Crippen LogP contribution in [0.3, 0.4) is 0 Å². The Balaban J connectivity index is 1.46. The maximum Gasteiger partial charge on any atom is 0.263 e. The Kier molecular flexibility index (Phi) is 5.71. The Labute approximate surface area is 180 Å². The molecule has 0 saturated heterocycles. The summed E-state index contributed by atoms with van der Waals surface area (Å²) >= 11 is 7.00. The summed E-state index contributed by atoms with van der Waals surface area (Å²) in [5.41, 5.74) is 0.988. The number of aromatic nitrogens is 3. The van der Waals surface area contributed by atoms with Gasteiger partial charge in [-0.2, -0.15) is 5.10 Å². The van der Waals surface area contributed by atoms with Crippen LogP contribution in [-0.2, 0) is 16.6 Å². The first-order valence-electron chi connectivity index (χ1n) is 8.56. The Morgan fingerprint density at radius 1 is 1.20 bits per heavy atom.